The highest BCUT2D eigenvalue weighted by Gasteiger charge is 2.30. The van der Waals surface area contributed by atoms with Gasteiger partial charge in [-0.1, -0.05) is 6.07 Å². The number of halogens is 3. The maximum Gasteiger partial charge on any atom is 0.416 e. The number of benzene rings is 1. The molecule has 76 valence electrons. The minimum atomic E-state index is -4.35. The molecule has 0 unspecified atom stereocenters. The molecule has 0 saturated carbocycles. The zero-order valence-electron chi connectivity index (χ0n) is 7.44. The van der Waals surface area contributed by atoms with Crippen molar-refractivity contribution in [2.75, 3.05) is 0 Å². The van der Waals surface area contributed by atoms with Crippen LogP contribution in [0.2, 0.25) is 0 Å². The van der Waals surface area contributed by atoms with Gasteiger partial charge in [-0.3, -0.25) is 5.41 Å². The standard InChI is InChI=1S/C9H9F3N2/c1-5-4-6(9(10,11)12)2-3-7(5)8(13)14/h2-4H,1H3,(H3,13,14). The molecule has 0 radical (unpaired) electrons. The molecule has 3 N–H and O–H groups in total. The second kappa shape index (κ2) is 3.32. The van der Waals surface area contributed by atoms with Crippen molar-refractivity contribution in [2.24, 2.45) is 5.73 Å². The second-order valence-electron chi connectivity index (χ2n) is 2.94. The lowest BCUT2D eigenvalue weighted by atomic mass is 10.0. The van der Waals surface area contributed by atoms with E-state index in [0.717, 1.165) is 12.1 Å². The van der Waals surface area contributed by atoms with Crippen LogP contribution in [0.15, 0.2) is 18.2 Å². The molecule has 0 saturated heterocycles. The fraction of sp³-hybridized carbons (Fsp3) is 0.222. The molecule has 1 rings (SSSR count). The third-order valence-electron chi connectivity index (χ3n) is 1.84. The second-order valence-corrected chi connectivity index (χ2v) is 2.94. The quantitative estimate of drug-likeness (QED) is 0.532. The van der Waals surface area contributed by atoms with Gasteiger partial charge in [-0.05, 0) is 24.6 Å². The van der Waals surface area contributed by atoms with Gasteiger partial charge in [-0.15, -0.1) is 0 Å². The molecule has 2 nitrogen and oxygen atoms in total. The first kappa shape index (κ1) is 10.6. The summed E-state index contributed by atoms with van der Waals surface area (Å²) in [6.45, 7) is 1.49. The monoisotopic (exact) mass is 202 g/mol. The average Bonchev–Trinajstić information content (AvgIpc) is 2.01. The van der Waals surface area contributed by atoms with Gasteiger partial charge in [0.2, 0.25) is 0 Å². The topological polar surface area (TPSA) is 49.9 Å². The van der Waals surface area contributed by atoms with Gasteiger partial charge in [0.25, 0.3) is 0 Å². The molecule has 0 bridgehead atoms. The fourth-order valence-electron chi connectivity index (χ4n) is 1.14. The Bertz CT molecular complexity index is 369. The van der Waals surface area contributed by atoms with E-state index in [-0.39, 0.29) is 5.84 Å². The van der Waals surface area contributed by atoms with Crippen LogP contribution in [0.4, 0.5) is 13.2 Å². The summed E-state index contributed by atoms with van der Waals surface area (Å²) in [5.74, 6) is -0.226. The summed E-state index contributed by atoms with van der Waals surface area (Å²) in [7, 11) is 0. The van der Waals surface area contributed by atoms with E-state index in [9.17, 15) is 13.2 Å². The summed E-state index contributed by atoms with van der Waals surface area (Å²) in [5.41, 5.74) is 5.14. The zero-order valence-corrected chi connectivity index (χ0v) is 7.44. The minimum absolute atomic E-state index is 0.226. The predicted molar refractivity (Wildman–Crippen MR) is 47.2 cm³/mol. The summed E-state index contributed by atoms with van der Waals surface area (Å²) in [4.78, 5) is 0. The molecule has 0 aliphatic rings. The van der Waals surface area contributed by atoms with E-state index in [1.54, 1.807) is 0 Å². The van der Waals surface area contributed by atoms with Crippen molar-refractivity contribution in [3.8, 4) is 0 Å². The average molecular weight is 202 g/mol. The first-order chi connectivity index (χ1) is 6.32. The maximum absolute atomic E-state index is 12.2. The van der Waals surface area contributed by atoms with E-state index in [4.69, 9.17) is 11.1 Å². The molecule has 0 fully saturated rings. The van der Waals surface area contributed by atoms with E-state index in [1.807, 2.05) is 0 Å². The van der Waals surface area contributed by atoms with Crippen LogP contribution >= 0.6 is 0 Å². The van der Waals surface area contributed by atoms with Crippen molar-refractivity contribution in [3.63, 3.8) is 0 Å². The van der Waals surface area contributed by atoms with E-state index in [2.05, 4.69) is 0 Å². The van der Waals surface area contributed by atoms with Crippen molar-refractivity contribution < 1.29 is 13.2 Å². The van der Waals surface area contributed by atoms with Gasteiger partial charge in [0.15, 0.2) is 0 Å². The van der Waals surface area contributed by atoms with Crippen molar-refractivity contribution in [2.45, 2.75) is 13.1 Å². The molecule has 0 aromatic heterocycles. The van der Waals surface area contributed by atoms with E-state index < -0.39 is 11.7 Å². The van der Waals surface area contributed by atoms with Crippen molar-refractivity contribution in [1.82, 2.24) is 0 Å². The zero-order chi connectivity index (χ0) is 10.9. The Morgan fingerprint density at radius 2 is 1.93 bits per heavy atom. The van der Waals surface area contributed by atoms with Crippen LogP contribution in [-0.4, -0.2) is 5.84 Å². The largest absolute Gasteiger partial charge is 0.416 e. The predicted octanol–water partition coefficient (Wildman–Crippen LogP) is 2.30. The summed E-state index contributed by atoms with van der Waals surface area (Å²) >= 11 is 0. The number of nitrogens with two attached hydrogens (primary N) is 1. The molecule has 0 atom stereocenters. The smallest absolute Gasteiger partial charge is 0.384 e. The Hall–Kier alpha value is -1.52. The van der Waals surface area contributed by atoms with Crippen LogP contribution in [0, 0.1) is 12.3 Å². The van der Waals surface area contributed by atoms with E-state index >= 15 is 0 Å². The van der Waals surface area contributed by atoms with Crippen LogP contribution in [0.25, 0.3) is 0 Å². The molecule has 0 spiro atoms. The summed E-state index contributed by atoms with van der Waals surface area (Å²) in [6, 6.07) is 3.11. The Labute approximate surface area is 79.0 Å². The summed E-state index contributed by atoms with van der Waals surface area (Å²) in [6.07, 6.45) is -4.35. The van der Waals surface area contributed by atoms with Gasteiger partial charge >= 0.3 is 6.18 Å². The molecule has 0 aliphatic heterocycles. The SMILES string of the molecule is Cc1cc(C(F)(F)F)ccc1C(=N)N. The lowest BCUT2D eigenvalue weighted by molar-refractivity contribution is -0.137. The lowest BCUT2D eigenvalue weighted by Crippen LogP contribution is -2.14. The van der Waals surface area contributed by atoms with Gasteiger partial charge in [0.05, 0.1) is 5.56 Å². The number of hydrogen-bond acceptors (Lipinski definition) is 1. The number of amidine groups is 1. The van der Waals surface area contributed by atoms with Crippen LogP contribution in [0.1, 0.15) is 16.7 Å². The highest BCUT2D eigenvalue weighted by Crippen LogP contribution is 2.30. The highest BCUT2D eigenvalue weighted by molar-refractivity contribution is 5.96. The Kier molecular flexibility index (Phi) is 2.51. The Balaban J connectivity index is 3.20. The molecule has 0 heterocycles. The van der Waals surface area contributed by atoms with E-state index in [0.29, 0.717) is 11.1 Å². The number of aryl methyl sites for hydroxylation is 1. The number of hydrogen-bond donors (Lipinski definition) is 2. The minimum Gasteiger partial charge on any atom is -0.384 e. The van der Waals surface area contributed by atoms with Gasteiger partial charge in [0.1, 0.15) is 5.84 Å². The van der Waals surface area contributed by atoms with Crippen LogP contribution in [-0.2, 0) is 6.18 Å². The molecule has 0 amide bonds. The molecule has 14 heavy (non-hydrogen) atoms. The molecule has 5 heteroatoms. The number of nitrogens with one attached hydrogen (secondary N) is 1. The van der Waals surface area contributed by atoms with Crippen molar-refractivity contribution >= 4 is 5.84 Å². The van der Waals surface area contributed by atoms with Crippen LogP contribution in [0.3, 0.4) is 0 Å². The molecular weight excluding hydrogens is 193 g/mol. The first-order valence-electron chi connectivity index (χ1n) is 3.84. The van der Waals surface area contributed by atoms with Crippen LogP contribution < -0.4 is 5.73 Å². The van der Waals surface area contributed by atoms with Gasteiger partial charge in [-0.2, -0.15) is 13.2 Å². The summed E-state index contributed by atoms with van der Waals surface area (Å²) < 4.78 is 36.6. The van der Waals surface area contributed by atoms with Gasteiger partial charge < -0.3 is 5.73 Å². The lowest BCUT2D eigenvalue weighted by Gasteiger charge is -2.09. The number of rotatable bonds is 1. The normalized spacial score (nSPS) is 11.4. The molecular formula is C9H9F3N2. The van der Waals surface area contributed by atoms with Crippen molar-refractivity contribution in [3.05, 3.63) is 34.9 Å². The van der Waals surface area contributed by atoms with Crippen molar-refractivity contribution in [1.29, 1.82) is 5.41 Å². The molecule has 0 aliphatic carbocycles. The highest BCUT2D eigenvalue weighted by atomic mass is 19.4. The fourth-order valence-corrected chi connectivity index (χ4v) is 1.14. The van der Waals surface area contributed by atoms with Gasteiger partial charge in [0, 0.05) is 5.56 Å². The Morgan fingerprint density at radius 1 is 1.36 bits per heavy atom. The summed E-state index contributed by atoms with van der Waals surface area (Å²) in [5, 5.41) is 7.10. The molecule has 1 aromatic carbocycles. The van der Waals surface area contributed by atoms with E-state index in [1.165, 1.54) is 13.0 Å². The first-order valence-corrected chi connectivity index (χ1v) is 3.84. The third kappa shape index (κ3) is 2.04. The molecule has 1 aromatic rings. The van der Waals surface area contributed by atoms with Crippen LogP contribution in [0.5, 0.6) is 0 Å². The maximum atomic E-state index is 12.2. The third-order valence-corrected chi connectivity index (χ3v) is 1.84. The number of alkyl halides is 3. The van der Waals surface area contributed by atoms with Gasteiger partial charge in [-0.25, -0.2) is 0 Å². The Morgan fingerprint density at radius 3 is 2.29 bits per heavy atom. The number of nitrogen functional groups attached to an aromatic ring is 1.